The van der Waals surface area contributed by atoms with Gasteiger partial charge < -0.3 is 9.26 Å². The first-order chi connectivity index (χ1) is 11.8. The standard InChI is InChI=1S/C15H11ClN2O5S2/c1-25(20,21)9-4-5-11(16)10(7-9)15(19)22-8-13-17-14(18-23-13)12-3-2-6-24-12/h2-7H,8H2,1H3. The van der Waals surface area contributed by atoms with E-state index in [4.69, 9.17) is 20.9 Å². The number of benzene rings is 1. The molecule has 25 heavy (non-hydrogen) atoms. The summed E-state index contributed by atoms with van der Waals surface area (Å²) >= 11 is 7.40. The van der Waals surface area contributed by atoms with Crippen LogP contribution in [-0.4, -0.2) is 30.8 Å². The molecule has 0 aliphatic rings. The molecule has 0 aliphatic heterocycles. The molecule has 0 saturated heterocycles. The summed E-state index contributed by atoms with van der Waals surface area (Å²) in [5.74, 6) is -0.267. The van der Waals surface area contributed by atoms with E-state index in [1.807, 2.05) is 17.5 Å². The van der Waals surface area contributed by atoms with Crippen LogP contribution in [0.5, 0.6) is 0 Å². The molecular weight excluding hydrogens is 388 g/mol. The van der Waals surface area contributed by atoms with Crippen LogP contribution >= 0.6 is 22.9 Å². The minimum Gasteiger partial charge on any atom is -0.452 e. The first-order valence-electron chi connectivity index (χ1n) is 6.88. The number of ether oxygens (including phenoxy) is 1. The van der Waals surface area contributed by atoms with Gasteiger partial charge in [0.15, 0.2) is 16.4 Å². The molecule has 0 N–H and O–H groups in total. The Labute approximate surface area is 152 Å². The van der Waals surface area contributed by atoms with Crippen molar-refractivity contribution in [3.05, 3.63) is 52.2 Å². The van der Waals surface area contributed by atoms with Gasteiger partial charge in [0.2, 0.25) is 5.82 Å². The molecule has 0 amide bonds. The molecule has 1 aromatic carbocycles. The molecule has 7 nitrogen and oxygen atoms in total. The maximum absolute atomic E-state index is 12.2. The summed E-state index contributed by atoms with van der Waals surface area (Å²) in [6, 6.07) is 7.51. The molecule has 0 spiro atoms. The molecule has 0 aliphatic carbocycles. The predicted octanol–water partition coefficient (Wildman–Crippen LogP) is 3.21. The Balaban J connectivity index is 1.73. The number of carbonyl (C=O) groups excluding carboxylic acids is 1. The fourth-order valence-corrected chi connectivity index (χ4v) is 3.41. The first kappa shape index (κ1) is 17.6. The molecule has 0 atom stereocenters. The molecule has 0 radical (unpaired) electrons. The van der Waals surface area contributed by atoms with Gasteiger partial charge in [-0.1, -0.05) is 22.8 Å². The average molecular weight is 399 g/mol. The van der Waals surface area contributed by atoms with Crippen molar-refractivity contribution in [3.63, 3.8) is 0 Å². The molecule has 2 aromatic heterocycles. The zero-order valence-corrected chi connectivity index (χ0v) is 15.2. The van der Waals surface area contributed by atoms with E-state index in [2.05, 4.69) is 10.1 Å². The van der Waals surface area contributed by atoms with Crippen LogP contribution in [-0.2, 0) is 21.2 Å². The number of hydrogen-bond donors (Lipinski definition) is 0. The summed E-state index contributed by atoms with van der Waals surface area (Å²) < 4.78 is 33.3. The van der Waals surface area contributed by atoms with Gasteiger partial charge in [-0.05, 0) is 29.6 Å². The second kappa shape index (κ2) is 6.95. The van der Waals surface area contributed by atoms with Crippen molar-refractivity contribution in [1.29, 1.82) is 0 Å². The van der Waals surface area contributed by atoms with Crippen molar-refractivity contribution in [3.8, 4) is 10.7 Å². The van der Waals surface area contributed by atoms with Gasteiger partial charge in [-0.15, -0.1) is 11.3 Å². The monoisotopic (exact) mass is 398 g/mol. The van der Waals surface area contributed by atoms with Crippen molar-refractivity contribution < 1.29 is 22.5 Å². The van der Waals surface area contributed by atoms with E-state index in [9.17, 15) is 13.2 Å². The zero-order chi connectivity index (χ0) is 18.0. The van der Waals surface area contributed by atoms with Crippen molar-refractivity contribution >= 4 is 38.7 Å². The lowest BCUT2D eigenvalue weighted by Crippen LogP contribution is -2.08. The van der Waals surface area contributed by atoms with Crippen molar-refractivity contribution in [2.45, 2.75) is 11.5 Å². The highest BCUT2D eigenvalue weighted by Gasteiger charge is 2.18. The minimum absolute atomic E-state index is 0.0263. The molecule has 0 saturated carbocycles. The normalized spacial score (nSPS) is 11.4. The van der Waals surface area contributed by atoms with Crippen LogP contribution in [0.3, 0.4) is 0 Å². The van der Waals surface area contributed by atoms with Crippen LogP contribution in [0.15, 0.2) is 45.1 Å². The molecular formula is C15H11ClN2O5S2. The van der Waals surface area contributed by atoms with Gasteiger partial charge in [0.05, 0.1) is 20.4 Å². The summed E-state index contributed by atoms with van der Waals surface area (Å²) in [5, 5.41) is 5.76. The maximum Gasteiger partial charge on any atom is 0.340 e. The van der Waals surface area contributed by atoms with Crippen LogP contribution in [0, 0.1) is 0 Å². The van der Waals surface area contributed by atoms with Gasteiger partial charge in [0.25, 0.3) is 5.89 Å². The Morgan fingerprint density at radius 1 is 1.36 bits per heavy atom. The van der Waals surface area contributed by atoms with Gasteiger partial charge in [-0.2, -0.15) is 4.98 Å². The Morgan fingerprint density at radius 2 is 2.16 bits per heavy atom. The van der Waals surface area contributed by atoms with E-state index in [1.165, 1.54) is 29.5 Å². The third kappa shape index (κ3) is 4.06. The van der Waals surface area contributed by atoms with Crippen molar-refractivity contribution in [2.75, 3.05) is 6.26 Å². The lowest BCUT2D eigenvalue weighted by Gasteiger charge is -2.06. The zero-order valence-electron chi connectivity index (χ0n) is 12.8. The Kier molecular flexibility index (Phi) is 4.89. The van der Waals surface area contributed by atoms with Gasteiger partial charge in [-0.3, -0.25) is 0 Å². The Morgan fingerprint density at radius 3 is 2.84 bits per heavy atom. The van der Waals surface area contributed by atoms with Crippen LogP contribution in [0.4, 0.5) is 0 Å². The molecule has 3 rings (SSSR count). The van der Waals surface area contributed by atoms with Gasteiger partial charge in [0, 0.05) is 6.26 Å². The molecule has 10 heteroatoms. The summed E-state index contributed by atoms with van der Waals surface area (Å²) in [5.41, 5.74) is -0.0532. The number of carbonyl (C=O) groups is 1. The highest BCUT2D eigenvalue weighted by atomic mass is 35.5. The Bertz CT molecular complexity index is 1010. The highest BCUT2D eigenvalue weighted by Crippen LogP contribution is 2.23. The average Bonchev–Trinajstić information content (AvgIpc) is 3.23. The van der Waals surface area contributed by atoms with Crippen molar-refractivity contribution in [1.82, 2.24) is 10.1 Å². The largest absolute Gasteiger partial charge is 0.452 e. The van der Waals surface area contributed by atoms with Crippen LogP contribution in [0.25, 0.3) is 10.7 Å². The number of aromatic nitrogens is 2. The number of halogens is 1. The second-order valence-electron chi connectivity index (χ2n) is 4.98. The van der Waals surface area contributed by atoms with Gasteiger partial charge >= 0.3 is 5.97 Å². The number of nitrogens with zero attached hydrogens (tertiary/aromatic N) is 2. The lowest BCUT2D eigenvalue weighted by atomic mass is 10.2. The third-order valence-electron chi connectivity index (χ3n) is 3.12. The Hall–Kier alpha value is -2.23. The van der Waals surface area contributed by atoms with E-state index >= 15 is 0 Å². The quantitative estimate of drug-likeness (QED) is 0.608. The topological polar surface area (TPSA) is 99.4 Å². The van der Waals surface area contributed by atoms with E-state index < -0.39 is 15.8 Å². The van der Waals surface area contributed by atoms with Gasteiger partial charge in [-0.25, -0.2) is 13.2 Å². The summed E-state index contributed by atoms with van der Waals surface area (Å²) in [6.07, 6.45) is 1.04. The van der Waals surface area contributed by atoms with E-state index in [1.54, 1.807) is 0 Å². The molecule has 0 bridgehead atoms. The SMILES string of the molecule is CS(=O)(=O)c1ccc(Cl)c(C(=O)OCc2nc(-c3cccs3)no2)c1. The molecule has 0 unspecified atom stereocenters. The fourth-order valence-electron chi connectivity index (χ4n) is 1.92. The van der Waals surface area contributed by atoms with Crippen LogP contribution < -0.4 is 0 Å². The number of thiophene rings is 1. The fraction of sp³-hybridized carbons (Fsp3) is 0.133. The number of esters is 1. The molecule has 2 heterocycles. The number of sulfone groups is 1. The van der Waals surface area contributed by atoms with Crippen LogP contribution in [0.1, 0.15) is 16.2 Å². The van der Waals surface area contributed by atoms with Gasteiger partial charge in [0.1, 0.15) is 0 Å². The van der Waals surface area contributed by atoms with E-state index in [0.29, 0.717) is 5.82 Å². The van der Waals surface area contributed by atoms with E-state index in [0.717, 1.165) is 11.1 Å². The maximum atomic E-state index is 12.2. The highest BCUT2D eigenvalue weighted by molar-refractivity contribution is 7.90. The smallest absolute Gasteiger partial charge is 0.340 e. The number of rotatable bonds is 5. The molecule has 0 fully saturated rings. The first-order valence-corrected chi connectivity index (χ1v) is 10.0. The lowest BCUT2D eigenvalue weighted by molar-refractivity contribution is 0.0429. The molecule has 130 valence electrons. The van der Waals surface area contributed by atoms with E-state index in [-0.39, 0.29) is 28.0 Å². The number of hydrogen-bond acceptors (Lipinski definition) is 8. The predicted molar refractivity (Wildman–Crippen MR) is 91.3 cm³/mol. The molecule has 3 aromatic rings. The third-order valence-corrected chi connectivity index (χ3v) is 5.43. The van der Waals surface area contributed by atoms with Crippen molar-refractivity contribution in [2.24, 2.45) is 0 Å². The van der Waals surface area contributed by atoms with Crippen LogP contribution in [0.2, 0.25) is 5.02 Å². The second-order valence-corrected chi connectivity index (χ2v) is 8.35. The minimum atomic E-state index is -3.47. The summed E-state index contributed by atoms with van der Waals surface area (Å²) in [7, 11) is -3.47. The summed E-state index contributed by atoms with van der Waals surface area (Å²) in [4.78, 5) is 17.1. The summed E-state index contributed by atoms with van der Waals surface area (Å²) in [6.45, 7) is -0.253.